The maximum atomic E-state index is 12.4. The van der Waals surface area contributed by atoms with Crippen molar-refractivity contribution in [1.82, 2.24) is 0 Å². The first-order valence-corrected chi connectivity index (χ1v) is 6.78. The van der Waals surface area contributed by atoms with Gasteiger partial charge in [-0.05, 0) is 18.2 Å². The number of hydrogen-bond acceptors (Lipinski definition) is 2. The minimum Gasteiger partial charge on any atom is -0.325 e. The number of nitrogens with one attached hydrogen (secondary N) is 1. The van der Waals surface area contributed by atoms with E-state index in [0.717, 1.165) is 0 Å². The summed E-state index contributed by atoms with van der Waals surface area (Å²) < 4.78 is 0. The molecule has 102 valence electrons. The topological polar surface area (TPSA) is 46.2 Å². The van der Waals surface area contributed by atoms with Crippen LogP contribution in [-0.2, 0) is 4.79 Å². The lowest BCUT2D eigenvalue weighted by molar-refractivity contribution is -0.113. The van der Waals surface area contributed by atoms with Crippen LogP contribution in [0.4, 0.5) is 5.69 Å². The molecule has 5 heteroatoms. The Morgan fingerprint density at radius 2 is 1.75 bits per heavy atom. The summed E-state index contributed by atoms with van der Waals surface area (Å²) in [6, 6.07) is 13.5. The maximum Gasteiger partial charge on any atom is 0.239 e. The summed E-state index contributed by atoms with van der Waals surface area (Å²) >= 11 is 11.5. The summed E-state index contributed by atoms with van der Waals surface area (Å²) in [6.07, 6.45) is 0. The molecule has 1 N–H and O–H groups in total. The van der Waals surface area contributed by atoms with Gasteiger partial charge >= 0.3 is 0 Å². The molecule has 0 heterocycles. The van der Waals surface area contributed by atoms with Crippen LogP contribution in [0.2, 0.25) is 5.02 Å². The number of ketones is 1. The molecule has 0 saturated carbocycles. The normalized spacial score (nSPS) is 10.1. The third-order valence-corrected chi connectivity index (χ3v) is 3.22. The van der Waals surface area contributed by atoms with Crippen LogP contribution in [0.1, 0.15) is 15.9 Å². The van der Waals surface area contributed by atoms with E-state index in [1.54, 1.807) is 42.5 Å². The van der Waals surface area contributed by atoms with Crippen molar-refractivity contribution in [2.75, 3.05) is 11.2 Å². The molecule has 0 aliphatic rings. The average Bonchev–Trinajstić information content (AvgIpc) is 2.49. The second-order valence-electron chi connectivity index (χ2n) is 4.07. The van der Waals surface area contributed by atoms with Crippen LogP contribution < -0.4 is 5.32 Å². The van der Waals surface area contributed by atoms with Crippen molar-refractivity contribution in [3.05, 3.63) is 64.7 Å². The first-order chi connectivity index (χ1) is 9.61. The van der Waals surface area contributed by atoms with Gasteiger partial charge in [-0.2, -0.15) is 0 Å². The molecule has 2 rings (SSSR count). The van der Waals surface area contributed by atoms with E-state index in [4.69, 9.17) is 23.2 Å². The van der Waals surface area contributed by atoms with E-state index >= 15 is 0 Å². The molecule has 0 fully saturated rings. The third-order valence-electron chi connectivity index (χ3n) is 2.65. The van der Waals surface area contributed by atoms with Crippen molar-refractivity contribution >= 4 is 40.6 Å². The van der Waals surface area contributed by atoms with E-state index in [1.165, 1.54) is 0 Å². The quantitative estimate of drug-likeness (QED) is 0.690. The number of rotatable bonds is 4. The monoisotopic (exact) mass is 307 g/mol. The smallest absolute Gasteiger partial charge is 0.239 e. The Morgan fingerprint density at radius 1 is 1.05 bits per heavy atom. The van der Waals surface area contributed by atoms with Crippen molar-refractivity contribution in [1.29, 1.82) is 0 Å². The fourth-order valence-electron chi connectivity index (χ4n) is 1.72. The van der Waals surface area contributed by atoms with Crippen molar-refractivity contribution in [2.45, 2.75) is 0 Å². The first kappa shape index (κ1) is 14.6. The molecule has 0 atom stereocenters. The number of benzene rings is 2. The van der Waals surface area contributed by atoms with Crippen LogP contribution in [0, 0.1) is 0 Å². The second-order valence-corrected chi connectivity index (χ2v) is 4.75. The SMILES string of the molecule is O=C(CCl)Nc1ccc(Cl)c(C(=O)c2ccccc2)c1. The van der Waals surface area contributed by atoms with E-state index in [2.05, 4.69) is 5.32 Å². The Balaban J connectivity index is 2.34. The average molecular weight is 308 g/mol. The van der Waals surface area contributed by atoms with E-state index in [1.807, 2.05) is 6.07 Å². The van der Waals surface area contributed by atoms with Gasteiger partial charge in [-0.25, -0.2) is 0 Å². The molecule has 1 amide bonds. The lowest BCUT2D eigenvalue weighted by Crippen LogP contribution is -2.13. The number of amides is 1. The summed E-state index contributed by atoms with van der Waals surface area (Å²) in [5.41, 5.74) is 1.36. The highest BCUT2D eigenvalue weighted by Crippen LogP contribution is 2.23. The van der Waals surface area contributed by atoms with Crippen LogP contribution in [-0.4, -0.2) is 17.6 Å². The van der Waals surface area contributed by atoms with Crippen molar-refractivity contribution in [2.24, 2.45) is 0 Å². The van der Waals surface area contributed by atoms with Gasteiger partial charge in [0.15, 0.2) is 5.78 Å². The van der Waals surface area contributed by atoms with E-state index < -0.39 is 0 Å². The van der Waals surface area contributed by atoms with E-state index in [-0.39, 0.29) is 17.6 Å². The highest BCUT2D eigenvalue weighted by molar-refractivity contribution is 6.35. The lowest BCUT2D eigenvalue weighted by atomic mass is 10.0. The van der Waals surface area contributed by atoms with Gasteiger partial charge in [0.25, 0.3) is 0 Å². The number of carbonyl (C=O) groups is 2. The molecule has 20 heavy (non-hydrogen) atoms. The molecular formula is C15H11Cl2NO2. The number of anilines is 1. The van der Waals surface area contributed by atoms with Gasteiger partial charge in [0.05, 0.1) is 5.02 Å². The molecule has 0 unspecified atom stereocenters. The zero-order chi connectivity index (χ0) is 14.5. The van der Waals surface area contributed by atoms with Crippen LogP contribution in [0.3, 0.4) is 0 Å². The van der Waals surface area contributed by atoms with Crippen LogP contribution >= 0.6 is 23.2 Å². The molecule has 0 aliphatic carbocycles. The molecule has 0 saturated heterocycles. The van der Waals surface area contributed by atoms with Gasteiger partial charge in [0.2, 0.25) is 5.91 Å². The van der Waals surface area contributed by atoms with Gasteiger partial charge in [0, 0.05) is 16.8 Å². The van der Waals surface area contributed by atoms with Gasteiger partial charge in [0.1, 0.15) is 5.88 Å². The Labute approximate surface area is 126 Å². The standard InChI is InChI=1S/C15H11Cl2NO2/c16-9-14(19)18-11-6-7-13(17)12(8-11)15(20)10-4-2-1-3-5-10/h1-8H,9H2,(H,18,19). The van der Waals surface area contributed by atoms with Gasteiger partial charge in [-0.15, -0.1) is 11.6 Å². The third kappa shape index (κ3) is 3.38. The van der Waals surface area contributed by atoms with Gasteiger partial charge in [-0.1, -0.05) is 41.9 Å². The van der Waals surface area contributed by atoms with Gasteiger partial charge in [-0.3, -0.25) is 9.59 Å². The molecule has 2 aromatic rings. The molecule has 2 aromatic carbocycles. The molecule has 0 aromatic heterocycles. The highest BCUT2D eigenvalue weighted by atomic mass is 35.5. The molecule has 0 spiro atoms. The minimum absolute atomic E-state index is 0.148. The van der Waals surface area contributed by atoms with Crippen molar-refractivity contribution in [3.63, 3.8) is 0 Å². The highest BCUT2D eigenvalue weighted by Gasteiger charge is 2.14. The fraction of sp³-hybridized carbons (Fsp3) is 0.0667. The Bertz CT molecular complexity index is 642. The number of halogens is 2. The summed E-state index contributed by atoms with van der Waals surface area (Å²) in [5, 5.41) is 2.92. The Morgan fingerprint density at radius 3 is 2.40 bits per heavy atom. The molecule has 0 radical (unpaired) electrons. The van der Waals surface area contributed by atoms with Crippen LogP contribution in [0.25, 0.3) is 0 Å². The van der Waals surface area contributed by atoms with Crippen LogP contribution in [0.5, 0.6) is 0 Å². The first-order valence-electron chi connectivity index (χ1n) is 5.87. The summed E-state index contributed by atoms with van der Waals surface area (Å²) in [4.78, 5) is 23.6. The lowest BCUT2D eigenvalue weighted by Gasteiger charge is -2.08. The zero-order valence-electron chi connectivity index (χ0n) is 10.4. The summed E-state index contributed by atoms with van der Waals surface area (Å²) in [6.45, 7) is 0. The number of alkyl halides is 1. The maximum absolute atomic E-state index is 12.4. The molecular weight excluding hydrogens is 297 g/mol. The van der Waals surface area contributed by atoms with E-state index in [0.29, 0.717) is 21.8 Å². The predicted octanol–water partition coefficient (Wildman–Crippen LogP) is 3.75. The van der Waals surface area contributed by atoms with Crippen LogP contribution in [0.15, 0.2) is 48.5 Å². The van der Waals surface area contributed by atoms with E-state index in [9.17, 15) is 9.59 Å². The molecule has 0 bridgehead atoms. The second kappa shape index (κ2) is 6.55. The molecule has 0 aliphatic heterocycles. The zero-order valence-corrected chi connectivity index (χ0v) is 11.9. The van der Waals surface area contributed by atoms with Crippen molar-refractivity contribution in [3.8, 4) is 0 Å². The van der Waals surface area contributed by atoms with Crippen molar-refractivity contribution < 1.29 is 9.59 Å². The summed E-state index contributed by atoms with van der Waals surface area (Å²) in [7, 11) is 0. The fourth-order valence-corrected chi connectivity index (χ4v) is 1.99. The number of carbonyl (C=O) groups excluding carboxylic acids is 2. The summed E-state index contributed by atoms with van der Waals surface area (Å²) in [5.74, 6) is -0.686. The Hall–Kier alpha value is -1.84. The number of hydrogen-bond donors (Lipinski definition) is 1. The predicted molar refractivity (Wildman–Crippen MR) is 80.7 cm³/mol. The Kier molecular flexibility index (Phi) is 4.77. The molecule has 3 nitrogen and oxygen atoms in total. The van der Waals surface area contributed by atoms with Gasteiger partial charge < -0.3 is 5.32 Å². The largest absolute Gasteiger partial charge is 0.325 e. The minimum atomic E-state index is -0.341.